The molecule has 0 aromatic heterocycles. The zero-order chi connectivity index (χ0) is 15.2. The largest absolute Gasteiger partial charge is 0.480 e. The van der Waals surface area contributed by atoms with E-state index in [1.807, 2.05) is 44.2 Å². The number of hydrogen-bond donors (Lipinski definition) is 2. The number of carboxylic acid groups (broad SMARTS) is 1. The summed E-state index contributed by atoms with van der Waals surface area (Å²) in [6.45, 7) is 4.37. The van der Waals surface area contributed by atoms with Crippen LogP contribution in [0.3, 0.4) is 0 Å². The van der Waals surface area contributed by atoms with Crippen LogP contribution in [-0.4, -0.2) is 17.1 Å². The van der Waals surface area contributed by atoms with Crippen LogP contribution in [0.1, 0.15) is 19.4 Å². The van der Waals surface area contributed by atoms with Crippen molar-refractivity contribution in [1.82, 2.24) is 5.32 Å². The van der Waals surface area contributed by atoms with Crippen LogP contribution in [0.2, 0.25) is 0 Å². The maximum atomic E-state index is 11.2. The van der Waals surface area contributed by atoms with Crippen LogP contribution < -0.4 is 5.32 Å². The summed E-state index contributed by atoms with van der Waals surface area (Å²) in [4.78, 5) is 11.2. The van der Waals surface area contributed by atoms with Gasteiger partial charge in [0.15, 0.2) is 0 Å². The number of benzene rings is 2. The summed E-state index contributed by atoms with van der Waals surface area (Å²) < 4.78 is 0. The highest BCUT2D eigenvalue weighted by atomic mass is 16.4. The van der Waals surface area contributed by atoms with Crippen molar-refractivity contribution < 1.29 is 9.90 Å². The van der Waals surface area contributed by atoms with Gasteiger partial charge < -0.3 is 10.4 Å². The molecule has 21 heavy (non-hydrogen) atoms. The second kappa shape index (κ2) is 7.04. The average Bonchev–Trinajstić information content (AvgIpc) is 2.48. The Labute approximate surface area is 125 Å². The van der Waals surface area contributed by atoms with E-state index in [0.29, 0.717) is 6.54 Å². The molecule has 0 bridgehead atoms. The summed E-state index contributed by atoms with van der Waals surface area (Å²) in [7, 11) is 0. The van der Waals surface area contributed by atoms with Gasteiger partial charge >= 0.3 is 5.97 Å². The molecule has 3 nitrogen and oxygen atoms in total. The molecule has 1 atom stereocenters. The van der Waals surface area contributed by atoms with E-state index >= 15 is 0 Å². The molecule has 0 aliphatic heterocycles. The summed E-state index contributed by atoms with van der Waals surface area (Å²) >= 11 is 0. The summed E-state index contributed by atoms with van der Waals surface area (Å²) in [5, 5.41) is 12.3. The average molecular weight is 283 g/mol. The molecule has 0 aliphatic rings. The van der Waals surface area contributed by atoms with E-state index in [1.54, 1.807) is 0 Å². The van der Waals surface area contributed by atoms with Crippen molar-refractivity contribution in [2.75, 3.05) is 0 Å². The van der Waals surface area contributed by atoms with Crippen molar-refractivity contribution >= 4 is 5.97 Å². The van der Waals surface area contributed by atoms with Crippen LogP contribution in [0.5, 0.6) is 0 Å². The van der Waals surface area contributed by atoms with Gasteiger partial charge in [0.25, 0.3) is 0 Å². The molecule has 110 valence electrons. The van der Waals surface area contributed by atoms with E-state index in [2.05, 4.69) is 29.6 Å². The second-order valence-corrected chi connectivity index (χ2v) is 5.51. The van der Waals surface area contributed by atoms with Crippen LogP contribution in [0.15, 0.2) is 54.6 Å². The third kappa shape index (κ3) is 4.17. The molecular formula is C18H21NO2. The minimum atomic E-state index is -0.802. The zero-order valence-corrected chi connectivity index (χ0v) is 12.4. The van der Waals surface area contributed by atoms with Crippen molar-refractivity contribution in [2.45, 2.75) is 26.4 Å². The molecule has 2 aromatic rings. The third-order valence-electron chi connectivity index (χ3n) is 3.49. The lowest BCUT2D eigenvalue weighted by atomic mass is 10.0. The Kier molecular flexibility index (Phi) is 5.12. The molecule has 0 spiro atoms. The molecule has 2 rings (SSSR count). The molecule has 0 saturated carbocycles. The van der Waals surface area contributed by atoms with Crippen molar-refractivity contribution in [3.63, 3.8) is 0 Å². The fraction of sp³-hybridized carbons (Fsp3) is 0.278. The van der Waals surface area contributed by atoms with Gasteiger partial charge in [-0.1, -0.05) is 62.4 Å². The molecule has 0 saturated heterocycles. The van der Waals surface area contributed by atoms with Gasteiger partial charge in [0.1, 0.15) is 6.04 Å². The maximum Gasteiger partial charge on any atom is 0.320 e. The molecule has 0 radical (unpaired) electrons. The summed E-state index contributed by atoms with van der Waals surface area (Å²) in [5.41, 5.74) is 3.40. The molecule has 0 heterocycles. The van der Waals surface area contributed by atoms with Gasteiger partial charge in [-0.3, -0.25) is 4.79 Å². The fourth-order valence-corrected chi connectivity index (χ4v) is 2.33. The van der Waals surface area contributed by atoms with E-state index in [9.17, 15) is 9.90 Å². The van der Waals surface area contributed by atoms with Crippen LogP contribution in [-0.2, 0) is 11.3 Å². The third-order valence-corrected chi connectivity index (χ3v) is 3.49. The lowest BCUT2D eigenvalue weighted by Gasteiger charge is -2.18. The highest BCUT2D eigenvalue weighted by Crippen LogP contribution is 2.20. The zero-order valence-electron chi connectivity index (χ0n) is 12.4. The first-order chi connectivity index (χ1) is 10.1. The molecule has 0 amide bonds. The van der Waals surface area contributed by atoms with Gasteiger partial charge in [-0.25, -0.2) is 0 Å². The molecular weight excluding hydrogens is 262 g/mol. The smallest absolute Gasteiger partial charge is 0.320 e. The SMILES string of the molecule is CC(C)C(NCc1cccc(-c2ccccc2)c1)C(=O)O. The van der Waals surface area contributed by atoms with Crippen LogP contribution in [0.25, 0.3) is 11.1 Å². The molecule has 1 unspecified atom stereocenters. The molecule has 3 heteroatoms. The number of carboxylic acids is 1. The van der Waals surface area contributed by atoms with E-state index in [4.69, 9.17) is 0 Å². The number of aliphatic carboxylic acids is 1. The number of hydrogen-bond acceptors (Lipinski definition) is 2. The van der Waals surface area contributed by atoms with Gasteiger partial charge in [0.2, 0.25) is 0 Å². The Hall–Kier alpha value is -2.13. The Morgan fingerprint density at radius 3 is 2.33 bits per heavy atom. The fourth-order valence-electron chi connectivity index (χ4n) is 2.33. The predicted molar refractivity (Wildman–Crippen MR) is 85.0 cm³/mol. The van der Waals surface area contributed by atoms with Gasteiger partial charge in [-0.2, -0.15) is 0 Å². The highest BCUT2D eigenvalue weighted by molar-refractivity contribution is 5.73. The minimum Gasteiger partial charge on any atom is -0.480 e. The first-order valence-electron chi connectivity index (χ1n) is 7.18. The van der Waals surface area contributed by atoms with Crippen LogP contribution in [0.4, 0.5) is 0 Å². The molecule has 0 fully saturated rings. The van der Waals surface area contributed by atoms with Crippen molar-refractivity contribution in [2.24, 2.45) is 5.92 Å². The number of rotatable bonds is 6. The molecule has 2 N–H and O–H groups in total. The van der Waals surface area contributed by atoms with E-state index < -0.39 is 12.0 Å². The van der Waals surface area contributed by atoms with Crippen LogP contribution >= 0.6 is 0 Å². The van der Waals surface area contributed by atoms with Crippen LogP contribution in [0, 0.1) is 5.92 Å². The Bertz CT molecular complexity index is 593. The summed E-state index contributed by atoms with van der Waals surface area (Å²) in [6.07, 6.45) is 0. The van der Waals surface area contributed by atoms with E-state index in [1.165, 1.54) is 0 Å². The normalized spacial score (nSPS) is 12.3. The first kappa shape index (κ1) is 15.3. The Balaban J connectivity index is 2.10. The summed E-state index contributed by atoms with van der Waals surface area (Å²) in [6, 6.07) is 17.8. The van der Waals surface area contributed by atoms with E-state index in [-0.39, 0.29) is 5.92 Å². The lowest BCUT2D eigenvalue weighted by molar-refractivity contribution is -0.140. The van der Waals surface area contributed by atoms with Gasteiger partial charge in [0, 0.05) is 6.54 Å². The first-order valence-corrected chi connectivity index (χ1v) is 7.18. The molecule has 0 aliphatic carbocycles. The number of carbonyl (C=O) groups is 1. The summed E-state index contributed by atoms with van der Waals surface area (Å²) in [5.74, 6) is -0.746. The minimum absolute atomic E-state index is 0.0554. The Morgan fingerprint density at radius 2 is 1.71 bits per heavy atom. The van der Waals surface area contributed by atoms with Crippen molar-refractivity contribution in [3.8, 4) is 11.1 Å². The van der Waals surface area contributed by atoms with Crippen molar-refractivity contribution in [3.05, 3.63) is 60.2 Å². The Morgan fingerprint density at radius 1 is 1.05 bits per heavy atom. The highest BCUT2D eigenvalue weighted by Gasteiger charge is 2.20. The maximum absolute atomic E-state index is 11.2. The topological polar surface area (TPSA) is 49.3 Å². The lowest BCUT2D eigenvalue weighted by Crippen LogP contribution is -2.40. The second-order valence-electron chi connectivity index (χ2n) is 5.51. The molecule has 2 aromatic carbocycles. The van der Waals surface area contributed by atoms with Gasteiger partial charge in [-0.15, -0.1) is 0 Å². The standard InChI is InChI=1S/C18H21NO2/c1-13(2)17(18(20)21)19-12-14-7-6-10-16(11-14)15-8-4-3-5-9-15/h3-11,13,17,19H,12H2,1-2H3,(H,20,21). The quantitative estimate of drug-likeness (QED) is 0.852. The monoisotopic (exact) mass is 283 g/mol. The predicted octanol–water partition coefficient (Wildman–Crippen LogP) is 3.55. The van der Waals surface area contributed by atoms with Gasteiger partial charge in [0.05, 0.1) is 0 Å². The van der Waals surface area contributed by atoms with Gasteiger partial charge in [-0.05, 0) is 28.7 Å². The number of nitrogens with one attached hydrogen (secondary N) is 1. The van der Waals surface area contributed by atoms with Crippen molar-refractivity contribution in [1.29, 1.82) is 0 Å². The van der Waals surface area contributed by atoms with E-state index in [0.717, 1.165) is 16.7 Å².